The van der Waals surface area contributed by atoms with Crippen molar-refractivity contribution in [2.45, 2.75) is 39.3 Å². The molecule has 5 heteroatoms. The van der Waals surface area contributed by atoms with Gasteiger partial charge in [0.2, 0.25) is 0 Å². The highest BCUT2D eigenvalue weighted by Crippen LogP contribution is 2.02. The molecule has 0 aromatic rings. The molecule has 0 saturated carbocycles. The van der Waals surface area contributed by atoms with E-state index in [2.05, 4.69) is 5.16 Å². The molecule has 0 rings (SSSR count). The van der Waals surface area contributed by atoms with Crippen LogP contribution in [0, 0.1) is 0 Å². The zero-order valence-electron chi connectivity index (χ0n) is 10.1. The molecule has 1 atom stereocenters. The quantitative estimate of drug-likeness (QED) is 0.287. The monoisotopic (exact) mass is 217 g/mol. The van der Waals surface area contributed by atoms with Gasteiger partial charge in [-0.2, -0.15) is 0 Å². The molecule has 0 heterocycles. The predicted octanol–water partition coefficient (Wildman–Crippen LogP) is 0.868. The van der Waals surface area contributed by atoms with Gasteiger partial charge in [0.1, 0.15) is 0 Å². The van der Waals surface area contributed by atoms with Crippen molar-refractivity contribution in [1.82, 2.24) is 4.90 Å². The summed E-state index contributed by atoms with van der Waals surface area (Å²) < 4.78 is 5.44. The molecule has 90 valence electrons. The van der Waals surface area contributed by atoms with E-state index in [-0.39, 0.29) is 18.0 Å². The molecule has 0 spiro atoms. The fourth-order valence-corrected chi connectivity index (χ4v) is 1.40. The molecule has 0 aliphatic carbocycles. The van der Waals surface area contributed by atoms with Gasteiger partial charge in [0, 0.05) is 6.54 Å². The van der Waals surface area contributed by atoms with Crippen LogP contribution in [-0.4, -0.2) is 48.3 Å². The van der Waals surface area contributed by atoms with Gasteiger partial charge in [0.15, 0.2) is 5.84 Å². The maximum atomic E-state index is 8.60. The fraction of sp³-hybridized carbons (Fsp3) is 0.900. The molecular weight excluding hydrogens is 194 g/mol. The summed E-state index contributed by atoms with van der Waals surface area (Å²) in [5.41, 5.74) is 5.58. The fourth-order valence-electron chi connectivity index (χ4n) is 1.40. The van der Waals surface area contributed by atoms with Gasteiger partial charge in [-0.05, 0) is 27.3 Å². The van der Waals surface area contributed by atoms with E-state index in [1.807, 2.05) is 32.7 Å². The summed E-state index contributed by atoms with van der Waals surface area (Å²) in [5, 5.41) is 11.6. The normalized spacial score (nSPS) is 14.9. The Morgan fingerprint density at radius 1 is 1.53 bits per heavy atom. The van der Waals surface area contributed by atoms with E-state index < -0.39 is 0 Å². The summed E-state index contributed by atoms with van der Waals surface area (Å²) >= 11 is 0. The van der Waals surface area contributed by atoms with Crippen LogP contribution in [0.4, 0.5) is 0 Å². The van der Waals surface area contributed by atoms with E-state index in [1.54, 1.807) is 0 Å². The van der Waals surface area contributed by atoms with Crippen LogP contribution in [0.2, 0.25) is 0 Å². The Bertz CT molecular complexity index is 195. The van der Waals surface area contributed by atoms with Crippen molar-refractivity contribution < 1.29 is 9.94 Å². The zero-order valence-corrected chi connectivity index (χ0v) is 10.1. The van der Waals surface area contributed by atoms with E-state index >= 15 is 0 Å². The summed E-state index contributed by atoms with van der Waals surface area (Å²) in [4.78, 5) is 2.03. The summed E-state index contributed by atoms with van der Waals surface area (Å²) in [6, 6.07) is -0.0224. The molecule has 0 aromatic heterocycles. The Kier molecular flexibility index (Phi) is 7.07. The molecule has 0 saturated heterocycles. The highest BCUT2D eigenvalue weighted by molar-refractivity contribution is 5.85. The first-order valence-electron chi connectivity index (χ1n) is 5.32. The smallest absolute Gasteiger partial charge is 0.156 e. The van der Waals surface area contributed by atoms with Crippen molar-refractivity contribution in [3.05, 3.63) is 0 Å². The van der Waals surface area contributed by atoms with Gasteiger partial charge < -0.3 is 15.7 Å². The molecular formula is C10H23N3O2. The second kappa shape index (κ2) is 7.48. The van der Waals surface area contributed by atoms with E-state index in [1.165, 1.54) is 0 Å². The Hall–Kier alpha value is -0.810. The second-order valence-electron chi connectivity index (χ2n) is 3.85. The number of oxime groups is 1. The van der Waals surface area contributed by atoms with Crippen LogP contribution >= 0.6 is 0 Å². The molecule has 0 fully saturated rings. The average molecular weight is 217 g/mol. The van der Waals surface area contributed by atoms with Crippen LogP contribution in [0.25, 0.3) is 0 Å². The predicted molar refractivity (Wildman–Crippen MR) is 61.2 cm³/mol. The minimum atomic E-state index is -0.0224. The Morgan fingerprint density at radius 2 is 2.13 bits per heavy atom. The number of likely N-dealkylation sites (N-methyl/N-ethyl adjacent to an activating group) is 1. The molecule has 0 aliphatic rings. The van der Waals surface area contributed by atoms with Gasteiger partial charge in [-0.1, -0.05) is 12.1 Å². The summed E-state index contributed by atoms with van der Waals surface area (Å²) in [6.45, 7) is 7.43. The first-order valence-corrected chi connectivity index (χ1v) is 5.32. The molecule has 0 amide bonds. The van der Waals surface area contributed by atoms with E-state index in [0.29, 0.717) is 6.61 Å². The first-order chi connectivity index (χ1) is 7.02. The molecule has 0 aliphatic heterocycles. The standard InChI is InChI=1S/C10H23N3O2/c1-5-9(10(11)12-14)13(4)6-7-15-8(2)3/h8-9,14H,5-7H2,1-4H3,(H2,11,12). The molecule has 5 nitrogen and oxygen atoms in total. The lowest BCUT2D eigenvalue weighted by atomic mass is 10.2. The van der Waals surface area contributed by atoms with Crippen molar-refractivity contribution in [2.75, 3.05) is 20.2 Å². The number of ether oxygens (including phenoxy) is 1. The van der Waals surface area contributed by atoms with Crippen molar-refractivity contribution >= 4 is 5.84 Å². The van der Waals surface area contributed by atoms with Crippen molar-refractivity contribution in [3.63, 3.8) is 0 Å². The molecule has 0 bridgehead atoms. The highest BCUT2D eigenvalue weighted by Gasteiger charge is 2.16. The van der Waals surface area contributed by atoms with Crippen molar-refractivity contribution in [1.29, 1.82) is 0 Å². The van der Waals surface area contributed by atoms with Gasteiger partial charge in [0.25, 0.3) is 0 Å². The van der Waals surface area contributed by atoms with Gasteiger partial charge >= 0.3 is 0 Å². The lowest BCUT2D eigenvalue weighted by Gasteiger charge is -2.25. The average Bonchev–Trinajstić information content (AvgIpc) is 2.18. The molecule has 0 aromatic carbocycles. The van der Waals surface area contributed by atoms with Crippen LogP contribution in [0.3, 0.4) is 0 Å². The largest absolute Gasteiger partial charge is 0.409 e. The minimum Gasteiger partial charge on any atom is -0.409 e. The van der Waals surface area contributed by atoms with Gasteiger partial charge in [-0.3, -0.25) is 4.90 Å². The minimum absolute atomic E-state index is 0.0224. The summed E-state index contributed by atoms with van der Waals surface area (Å²) in [5.74, 6) is 0.254. The van der Waals surface area contributed by atoms with Crippen LogP contribution in [0.15, 0.2) is 5.16 Å². The molecule has 3 N–H and O–H groups in total. The lowest BCUT2D eigenvalue weighted by Crippen LogP contribution is -2.43. The van der Waals surface area contributed by atoms with Crippen LogP contribution in [0.1, 0.15) is 27.2 Å². The topological polar surface area (TPSA) is 71.1 Å². The Balaban J connectivity index is 3.99. The third-order valence-corrected chi connectivity index (χ3v) is 2.27. The van der Waals surface area contributed by atoms with Gasteiger partial charge in [0.05, 0.1) is 18.8 Å². The van der Waals surface area contributed by atoms with E-state index in [0.717, 1.165) is 13.0 Å². The van der Waals surface area contributed by atoms with Gasteiger partial charge in [-0.25, -0.2) is 0 Å². The second-order valence-corrected chi connectivity index (χ2v) is 3.85. The summed E-state index contributed by atoms with van der Waals surface area (Å²) in [7, 11) is 1.94. The SMILES string of the molecule is CCC(C(N)=NO)N(C)CCOC(C)C. The number of nitrogens with zero attached hydrogens (tertiary/aromatic N) is 2. The van der Waals surface area contributed by atoms with Crippen LogP contribution < -0.4 is 5.73 Å². The van der Waals surface area contributed by atoms with E-state index in [4.69, 9.17) is 15.7 Å². The third kappa shape index (κ3) is 5.59. The van der Waals surface area contributed by atoms with E-state index in [9.17, 15) is 0 Å². The van der Waals surface area contributed by atoms with Crippen molar-refractivity contribution in [2.24, 2.45) is 10.9 Å². The van der Waals surface area contributed by atoms with Crippen LogP contribution in [0.5, 0.6) is 0 Å². The maximum Gasteiger partial charge on any atom is 0.156 e. The highest BCUT2D eigenvalue weighted by atomic mass is 16.5. The molecule has 1 unspecified atom stereocenters. The lowest BCUT2D eigenvalue weighted by molar-refractivity contribution is 0.0602. The zero-order chi connectivity index (χ0) is 11.8. The third-order valence-electron chi connectivity index (χ3n) is 2.27. The molecule has 0 radical (unpaired) electrons. The Morgan fingerprint density at radius 3 is 2.53 bits per heavy atom. The number of rotatable bonds is 7. The number of amidine groups is 1. The molecule has 15 heavy (non-hydrogen) atoms. The van der Waals surface area contributed by atoms with Crippen molar-refractivity contribution in [3.8, 4) is 0 Å². The first kappa shape index (κ1) is 14.2. The summed E-state index contributed by atoms with van der Waals surface area (Å²) in [6.07, 6.45) is 1.05. The number of hydrogen-bond acceptors (Lipinski definition) is 4. The Labute approximate surface area is 91.9 Å². The van der Waals surface area contributed by atoms with Gasteiger partial charge in [-0.15, -0.1) is 0 Å². The number of nitrogens with two attached hydrogens (primary N) is 1. The number of hydrogen-bond donors (Lipinski definition) is 2. The maximum absolute atomic E-state index is 8.60. The van der Waals surface area contributed by atoms with Crippen LogP contribution in [-0.2, 0) is 4.74 Å².